The lowest BCUT2D eigenvalue weighted by atomic mass is 10.1. The largest absolute Gasteiger partial charge is 0.516 e. The van der Waals surface area contributed by atoms with Crippen LogP contribution in [0, 0.1) is 0 Å². The summed E-state index contributed by atoms with van der Waals surface area (Å²) in [5.41, 5.74) is 2.52. The van der Waals surface area contributed by atoms with Crippen molar-refractivity contribution in [3.05, 3.63) is 42.2 Å². The zero-order valence-electron chi connectivity index (χ0n) is 9.48. The van der Waals surface area contributed by atoms with Gasteiger partial charge in [-0.15, -0.1) is 0 Å². The second-order valence-electron chi connectivity index (χ2n) is 3.39. The van der Waals surface area contributed by atoms with Gasteiger partial charge in [0.1, 0.15) is 0 Å². The molecule has 0 spiro atoms. The number of hydrogen-bond donors (Lipinski definition) is 1. The molecule has 0 saturated heterocycles. The van der Waals surface area contributed by atoms with Crippen molar-refractivity contribution in [3.8, 4) is 0 Å². The van der Waals surface area contributed by atoms with Crippen LogP contribution in [0.25, 0.3) is 0 Å². The van der Waals surface area contributed by atoms with Crippen molar-refractivity contribution in [1.82, 2.24) is 0 Å². The molecule has 1 aromatic rings. The zero-order chi connectivity index (χ0) is 11.1. The molecule has 1 N–H and O–H groups in total. The summed E-state index contributed by atoms with van der Waals surface area (Å²) in [4.78, 5) is 2.32. The van der Waals surface area contributed by atoms with E-state index in [-0.39, 0.29) is 0 Å². The van der Waals surface area contributed by atoms with Gasteiger partial charge < -0.3 is 10.0 Å². The highest BCUT2D eigenvalue weighted by molar-refractivity contribution is 5.54. The lowest BCUT2D eigenvalue weighted by Gasteiger charge is -2.23. The van der Waals surface area contributed by atoms with E-state index in [0.717, 1.165) is 25.8 Å². The Balaban J connectivity index is 2.93. The third-order valence-electron chi connectivity index (χ3n) is 2.54. The second kappa shape index (κ2) is 6.12. The highest BCUT2D eigenvalue weighted by atomic mass is 16.2. The van der Waals surface area contributed by atoms with Crippen LogP contribution in [0.5, 0.6) is 0 Å². The molecule has 1 rings (SSSR count). The van der Waals surface area contributed by atoms with Gasteiger partial charge >= 0.3 is 0 Å². The van der Waals surface area contributed by atoms with E-state index in [4.69, 9.17) is 5.11 Å². The quantitative estimate of drug-likeness (QED) is 0.746. The Hall–Kier alpha value is -1.44. The smallest absolute Gasteiger partial charge is 0.0755 e. The molecule has 0 atom stereocenters. The first-order chi connectivity index (χ1) is 7.33. The van der Waals surface area contributed by atoms with Gasteiger partial charge in [0.15, 0.2) is 0 Å². The first-order valence-corrected chi connectivity index (χ1v) is 5.45. The summed E-state index contributed by atoms with van der Waals surface area (Å²) in [7, 11) is 0. The van der Waals surface area contributed by atoms with Crippen molar-refractivity contribution < 1.29 is 5.11 Å². The maximum atomic E-state index is 8.68. The van der Waals surface area contributed by atoms with Gasteiger partial charge in [-0.3, -0.25) is 0 Å². The molecule has 0 fully saturated rings. The molecule has 0 aliphatic heterocycles. The number of allylic oxidation sites excluding steroid dienone is 1. The summed E-state index contributed by atoms with van der Waals surface area (Å²) in [5.74, 6) is 0. The van der Waals surface area contributed by atoms with Crippen LogP contribution >= 0.6 is 0 Å². The number of anilines is 1. The molecule has 0 amide bonds. The Kier molecular flexibility index (Phi) is 4.75. The van der Waals surface area contributed by atoms with Gasteiger partial charge in [-0.05, 0) is 38.0 Å². The van der Waals surface area contributed by atoms with Gasteiger partial charge in [0.25, 0.3) is 0 Å². The van der Waals surface area contributed by atoms with E-state index in [1.54, 1.807) is 6.08 Å². The number of para-hydroxylation sites is 1. The van der Waals surface area contributed by atoms with Crippen LogP contribution in [0.2, 0.25) is 0 Å². The third-order valence-corrected chi connectivity index (χ3v) is 2.54. The highest BCUT2D eigenvalue weighted by Gasteiger charge is 2.05. The molecule has 0 aliphatic carbocycles. The zero-order valence-corrected chi connectivity index (χ0v) is 9.48. The average molecular weight is 205 g/mol. The van der Waals surface area contributed by atoms with Gasteiger partial charge in [0, 0.05) is 18.8 Å². The normalized spacial score (nSPS) is 10.8. The molecule has 2 nitrogen and oxygen atoms in total. The van der Waals surface area contributed by atoms with Crippen LogP contribution in [0.15, 0.2) is 36.6 Å². The fourth-order valence-electron chi connectivity index (χ4n) is 1.74. The topological polar surface area (TPSA) is 23.5 Å². The minimum absolute atomic E-state index is 0.781. The molecule has 0 heterocycles. The molecule has 1 aromatic carbocycles. The fraction of sp³-hybridized carbons (Fsp3) is 0.385. The molecule has 82 valence electrons. The van der Waals surface area contributed by atoms with Gasteiger partial charge in [0.2, 0.25) is 0 Å². The molecule has 0 aliphatic rings. The van der Waals surface area contributed by atoms with E-state index < -0.39 is 0 Å². The number of nitrogens with zero attached hydrogens (tertiary/aromatic N) is 1. The number of hydrogen-bond acceptors (Lipinski definition) is 2. The Bertz CT molecular complexity index is 316. The third kappa shape index (κ3) is 3.01. The molecule has 2 heteroatoms. The van der Waals surface area contributed by atoms with E-state index in [1.165, 1.54) is 11.3 Å². The maximum Gasteiger partial charge on any atom is 0.0755 e. The number of aliphatic hydroxyl groups is 1. The summed E-state index contributed by atoms with van der Waals surface area (Å²) in [6.07, 6.45) is 3.66. The molecule has 0 saturated carbocycles. The molecular weight excluding hydrogens is 186 g/mol. The van der Waals surface area contributed by atoms with Crippen LogP contribution in [0.3, 0.4) is 0 Å². The maximum absolute atomic E-state index is 8.68. The minimum atomic E-state index is 0.781. The lowest BCUT2D eigenvalue weighted by Crippen LogP contribution is -2.22. The van der Waals surface area contributed by atoms with Crippen LogP contribution in [0.1, 0.15) is 19.4 Å². The van der Waals surface area contributed by atoms with E-state index in [0.29, 0.717) is 0 Å². The van der Waals surface area contributed by atoms with Crippen LogP contribution in [-0.4, -0.2) is 18.2 Å². The van der Waals surface area contributed by atoms with Crippen LogP contribution < -0.4 is 4.90 Å². The number of rotatable bonds is 5. The fourth-order valence-corrected chi connectivity index (χ4v) is 1.74. The monoisotopic (exact) mass is 205 g/mol. The average Bonchev–Trinajstić information content (AvgIpc) is 2.29. The highest BCUT2D eigenvalue weighted by Crippen LogP contribution is 2.20. The summed E-state index contributed by atoms with van der Waals surface area (Å²) in [5, 5.41) is 8.68. The number of aliphatic hydroxyl groups excluding tert-OH is 1. The first-order valence-electron chi connectivity index (χ1n) is 5.45. The first kappa shape index (κ1) is 11.6. The van der Waals surface area contributed by atoms with Gasteiger partial charge in [-0.1, -0.05) is 18.2 Å². The molecular formula is C13H19NO. The van der Waals surface area contributed by atoms with E-state index >= 15 is 0 Å². The molecule has 0 aromatic heterocycles. The van der Waals surface area contributed by atoms with Crippen molar-refractivity contribution >= 4 is 5.69 Å². The summed E-state index contributed by atoms with van der Waals surface area (Å²) < 4.78 is 0. The minimum Gasteiger partial charge on any atom is -0.516 e. The predicted molar refractivity (Wildman–Crippen MR) is 65.5 cm³/mol. The van der Waals surface area contributed by atoms with Crippen molar-refractivity contribution in [1.29, 1.82) is 0 Å². The molecule has 15 heavy (non-hydrogen) atoms. The van der Waals surface area contributed by atoms with E-state index in [9.17, 15) is 0 Å². The van der Waals surface area contributed by atoms with Crippen molar-refractivity contribution in [2.24, 2.45) is 0 Å². The summed E-state index contributed by atoms with van der Waals surface area (Å²) >= 11 is 0. The van der Waals surface area contributed by atoms with Gasteiger partial charge in [-0.25, -0.2) is 0 Å². The Morgan fingerprint density at radius 2 is 1.87 bits per heavy atom. The lowest BCUT2D eigenvalue weighted by molar-refractivity contribution is 0.471. The van der Waals surface area contributed by atoms with Crippen molar-refractivity contribution in [2.45, 2.75) is 20.3 Å². The van der Waals surface area contributed by atoms with E-state index in [2.05, 4.69) is 36.9 Å². The van der Waals surface area contributed by atoms with Crippen LogP contribution in [0.4, 0.5) is 5.69 Å². The van der Waals surface area contributed by atoms with Gasteiger partial charge in [0.05, 0.1) is 6.26 Å². The van der Waals surface area contributed by atoms with Crippen LogP contribution in [-0.2, 0) is 6.42 Å². The predicted octanol–water partition coefficient (Wildman–Crippen LogP) is 3.15. The standard InChI is InChI=1S/C13H19NO/c1-3-14(4-2)13-10-6-5-8-12(13)9-7-11-15/h5-8,10-11,15H,3-4,9H2,1-2H3. The summed E-state index contributed by atoms with van der Waals surface area (Å²) in [6, 6.07) is 8.33. The molecule has 0 unspecified atom stereocenters. The van der Waals surface area contributed by atoms with Crippen molar-refractivity contribution in [2.75, 3.05) is 18.0 Å². The van der Waals surface area contributed by atoms with Crippen molar-refractivity contribution in [3.63, 3.8) is 0 Å². The Morgan fingerprint density at radius 1 is 1.20 bits per heavy atom. The second-order valence-corrected chi connectivity index (χ2v) is 3.39. The van der Waals surface area contributed by atoms with Gasteiger partial charge in [-0.2, -0.15) is 0 Å². The molecule has 0 bridgehead atoms. The summed E-state index contributed by atoms with van der Waals surface area (Å²) in [6.45, 7) is 6.33. The Morgan fingerprint density at radius 3 is 2.47 bits per heavy atom. The SMILES string of the molecule is CCN(CC)c1ccccc1CC=CO. The molecule has 0 radical (unpaired) electrons. The van der Waals surface area contributed by atoms with E-state index in [1.807, 2.05) is 6.07 Å². The number of benzene rings is 1. The Labute approximate surface area is 91.9 Å².